The second-order valence-corrected chi connectivity index (χ2v) is 5.57. The van der Waals surface area contributed by atoms with Gasteiger partial charge in [-0.15, -0.1) is 0 Å². The van der Waals surface area contributed by atoms with Crippen LogP contribution < -0.4 is 0 Å². The van der Waals surface area contributed by atoms with Crippen LogP contribution in [-0.4, -0.2) is 34.8 Å². The number of carbonyl (C=O) groups is 2. The van der Waals surface area contributed by atoms with Gasteiger partial charge in [0.15, 0.2) is 5.78 Å². The first-order valence-corrected chi connectivity index (χ1v) is 8.25. The Kier molecular flexibility index (Phi) is 6.84. The molecule has 0 fully saturated rings. The highest BCUT2D eigenvalue weighted by Gasteiger charge is 2.21. The average Bonchev–Trinajstić information content (AvgIpc) is 2.67. The Hall–Kier alpha value is -3.22. The molecule has 2 rings (SSSR count). The average molecular weight is 356 g/mol. The molecular formula is C19H20N2O5. The summed E-state index contributed by atoms with van der Waals surface area (Å²) >= 11 is 0. The van der Waals surface area contributed by atoms with E-state index >= 15 is 0 Å². The van der Waals surface area contributed by atoms with Gasteiger partial charge in [-0.25, -0.2) is 4.79 Å². The summed E-state index contributed by atoms with van der Waals surface area (Å²) in [5.41, 5.74) is 0.686. The lowest BCUT2D eigenvalue weighted by atomic mass is 10.1. The van der Waals surface area contributed by atoms with Crippen molar-refractivity contribution in [2.75, 3.05) is 13.1 Å². The van der Waals surface area contributed by atoms with Crippen molar-refractivity contribution < 1.29 is 19.2 Å². The van der Waals surface area contributed by atoms with Crippen molar-refractivity contribution in [3.8, 4) is 0 Å². The molecule has 0 bridgehead atoms. The van der Waals surface area contributed by atoms with Crippen LogP contribution in [0.1, 0.15) is 29.3 Å². The first kappa shape index (κ1) is 19.1. The van der Waals surface area contributed by atoms with Crippen molar-refractivity contribution in [3.63, 3.8) is 0 Å². The molecule has 0 N–H and O–H groups in total. The molecule has 0 spiro atoms. The molecule has 0 unspecified atom stereocenters. The highest BCUT2D eigenvalue weighted by Crippen LogP contribution is 2.19. The zero-order valence-electron chi connectivity index (χ0n) is 14.5. The summed E-state index contributed by atoms with van der Waals surface area (Å²) in [4.78, 5) is 36.3. The summed E-state index contributed by atoms with van der Waals surface area (Å²) in [6, 6.07) is 15.1. The third-order valence-electron chi connectivity index (χ3n) is 3.85. The van der Waals surface area contributed by atoms with Gasteiger partial charge >= 0.3 is 6.09 Å². The number of rotatable bonds is 8. The number of carbonyl (C=O) groups excluding carboxylic acids is 2. The summed E-state index contributed by atoms with van der Waals surface area (Å²) in [6.07, 6.45) is -0.536. The van der Waals surface area contributed by atoms with Gasteiger partial charge < -0.3 is 9.64 Å². The maximum atomic E-state index is 12.3. The maximum absolute atomic E-state index is 12.3. The lowest BCUT2D eigenvalue weighted by Gasteiger charge is -2.20. The fraction of sp³-hybridized carbons (Fsp3) is 0.263. The van der Waals surface area contributed by atoms with Gasteiger partial charge in [0, 0.05) is 25.6 Å². The van der Waals surface area contributed by atoms with Crippen molar-refractivity contribution in [2.24, 2.45) is 0 Å². The number of hydrogen-bond acceptors (Lipinski definition) is 5. The van der Waals surface area contributed by atoms with E-state index in [1.54, 1.807) is 13.0 Å². The molecule has 1 amide bonds. The van der Waals surface area contributed by atoms with Crippen LogP contribution in [-0.2, 0) is 11.3 Å². The van der Waals surface area contributed by atoms with Crippen molar-refractivity contribution in [2.45, 2.75) is 20.0 Å². The topological polar surface area (TPSA) is 89.8 Å². The Labute approximate surface area is 151 Å². The van der Waals surface area contributed by atoms with Crippen LogP contribution in [0.25, 0.3) is 0 Å². The number of amides is 1. The van der Waals surface area contributed by atoms with Crippen LogP contribution in [0.5, 0.6) is 0 Å². The fourth-order valence-electron chi connectivity index (χ4n) is 2.43. The molecule has 0 heterocycles. The standard InChI is InChI=1S/C19H20N2O5/c1-2-20(19(23)26-14-15-8-4-3-5-9-15)13-12-18(22)16-10-6-7-11-17(16)21(24)25/h3-11H,2,12-14H2,1H3. The van der Waals surface area contributed by atoms with Gasteiger partial charge in [0.05, 0.1) is 10.5 Å². The highest BCUT2D eigenvalue weighted by atomic mass is 16.6. The van der Waals surface area contributed by atoms with Crippen molar-refractivity contribution in [3.05, 3.63) is 75.8 Å². The van der Waals surface area contributed by atoms with E-state index in [1.807, 2.05) is 30.3 Å². The molecule has 0 aliphatic carbocycles. The Morgan fingerprint density at radius 3 is 2.38 bits per heavy atom. The first-order valence-electron chi connectivity index (χ1n) is 8.25. The van der Waals surface area contributed by atoms with E-state index in [4.69, 9.17) is 4.74 Å². The number of Topliss-reactive ketones (excluding diaryl/α,β-unsaturated/α-hetero) is 1. The molecule has 0 radical (unpaired) electrons. The predicted molar refractivity (Wildman–Crippen MR) is 95.9 cm³/mol. The number of benzene rings is 2. The van der Waals surface area contributed by atoms with E-state index in [0.29, 0.717) is 6.54 Å². The van der Waals surface area contributed by atoms with Gasteiger partial charge in [0.2, 0.25) is 0 Å². The Morgan fingerprint density at radius 1 is 1.08 bits per heavy atom. The SMILES string of the molecule is CCN(CCC(=O)c1ccccc1[N+](=O)[O-])C(=O)OCc1ccccc1. The molecule has 0 saturated carbocycles. The molecule has 26 heavy (non-hydrogen) atoms. The fourth-order valence-corrected chi connectivity index (χ4v) is 2.43. The molecule has 136 valence electrons. The Balaban J connectivity index is 1.92. The number of para-hydroxylation sites is 1. The van der Waals surface area contributed by atoms with E-state index in [9.17, 15) is 19.7 Å². The van der Waals surface area contributed by atoms with Gasteiger partial charge in [0.1, 0.15) is 6.61 Å². The summed E-state index contributed by atoms with van der Waals surface area (Å²) < 4.78 is 5.25. The Bertz CT molecular complexity index is 777. The van der Waals surface area contributed by atoms with E-state index in [1.165, 1.54) is 23.1 Å². The van der Waals surface area contributed by atoms with Crippen LogP contribution >= 0.6 is 0 Å². The predicted octanol–water partition coefficient (Wildman–Crippen LogP) is 3.83. The molecule has 2 aromatic rings. The minimum atomic E-state index is -0.584. The van der Waals surface area contributed by atoms with Crippen molar-refractivity contribution in [1.29, 1.82) is 0 Å². The van der Waals surface area contributed by atoms with Crippen LogP contribution in [0.3, 0.4) is 0 Å². The Morgan fingerprint density at radius 2 is 1.73 bits per heavy atom. The number of hydrogen-bond donors (Lipinski definition) is 0. The second kappa shape index (κ2) is 9.31. The molecule has 0 saturated heterocycles. The number of nitro benzene ring substituents is 1. The summed E-state index contributed by atoms with van der Waals surface area (Å²) in [5.74, 6) is -0.383. The van der Waals surface area contributed by atoms with Gasteiger partial charge in [-0.3, -0.25) is 14.9 Å². The third kappa shape index (κ3) is 5.14. The number of ether oxygens (including phenoxy) is 1. The van der Waals surface area contributed by atoms with Crippen LogP contribution in [0, 0.1) is 10.1 Å². The molecule has 7 heteroatoms. The van der Waals surface area contributed by atoms with Gasteiger partial charge in [-0.05, 0) is 18.6 Å². The van der Waals surface area contributed by atoms with Crippen LogP contribution in [0.15, 0.2) is 54.6 Å². The van der Waals surface area contributed by atoms with E-state index in [-0.39, 0.29) is 36.6 Å². The summed E-state index contributed by atoms with van der Waals surface area (Å²) in [5, 5.41) is 11.0. The minimum Gasteiger partial charge on any atom is -0.445 e. The van der Waals surface area contributed by atoms with Gasteiger partial charge in [0.25, 0.3) is 5.69 Å². The lowest BCUT2D eigenvalue weighted by Crippen LogP contribution is -2.33. The molecule has 0 aromatic heterocycles. The number of nitrogens with zero attached hydrogens (tertiary/aromatic N) is 2. The van der Waals surface area contributed by atoms with Crippen LogP contribution in [0.2, 0.25) is 0 Å². The molecular weight excluding hydrogens is 336 g/mol. The minimum absolute atomic E-state index is 0.0148. The quantitative estimate of drug-likeness (QED) is 0.407. The van der Waals surface area contributed by atoms with E-state index in [0.717, 1.165) is 5.56 Å². The molecule has 7 nitrogen and oxygen atoms in total. The number of nitro groups is 1. The molecule has 0 aliphatic rings. The first-order chi connectivity index (χ1) is 12.5. The highest BCUT2D eigenvalue weighted by molar-refractivity contribution is 6.00. The number of ketones is 1. The van der Waals surface area contributed by atoms with Crippen LogP contribution in [0.4, 0.5) is 10.5 Å². The van der Waals surface area contributed by atoms with Crippen molar-refractivity contribution >= 4 is 17.6 Å². The molecule has 0 aliphatic heterocycles. The monoisotopic (exact) mass is 356 g/mol. The zero-order chi connectivity index (χ0) is 18.9. The van der Waals surface area contributed by atoms with Gasteiger partial charge in [-0.1, -0.05) is 42.5 Å². The summed E-state index contributed by atoms with van der Waals surface area (Å²) in [7, 11) is 0. The lowest BCUT2D eigenvalue weighted by molar-refractivity contribution is -0.385. The molecule has 0 atom stereocenters. The normalized spacial score (nSPS) is 10.2. The zero-order valence-corrected chi connectivity index (χ0v) is 14.5. The van der Waals surface area contributed by atoms with E-state index < -0.39 is 11.0 Å². The summed E-state index contributed by atoms with van der Waals surface area (Å²) in [6.45, 7) is 2.43. The van der Waals surface area contributed by atoms with E-state index in [2.05, 4.69) is 0 Å². The third-order valence-corrected chi connectivity index (χ3v) is 3.85. The molecule has 2 aromatic carbocycles. The second-order valence-electron chi connectivity index (χ2n) is 5.57. The smallest absolute Gasteiger partial charge is 0.410 e. The van der Waals surface area contributed by atoms with Crippen molar-refractivity contribution in [1.82, 2.24) is 4.90 Å². The largest absolute Gasteiger partial charge is 0.445 e. The van der Waals surface area contributed by atoms with Gasteiger partial charge in [-0.2, -0.15) is 0 Å². The maximum Gasteiger partial charge on any atom is 0.410 e.